The summed E-state index contributed by atoms with van der Waals surface area (Å²) in [5, 5.41) is 0. The van der Waals surface area contributed by atoms with E-state index in [1.54, 1.807) is 0 Å². The molecule has 1 saturated carbocycles. The molecule has 1 fully saturated rings. The van der Waals surface area contributed by atoms with Gasteiger partial charge in [-0.2, -0.15) is 0 Å². The van der Waals surface area contributed by atoms with E-state index in [0.29, 0.717) is 11.7 Å². The molecule has 1 aliphatic rings. The SMILES string of the molecule is C=C(Br)CCC1CCCC(=O)C1. The van der Waals surface area contributed by atoms with Crippen molar-refractivity contribution >= 4 is 21.7 Å². The first kappa shape index (κ1) is 9.97. The molecule has 0 bridgehead atoms. The Morgan fingerprint density at radius 2 is 2.42 bits per heavy atom. The molecule has 68 valence electrons. The zero-order chi connectivity index (χ0) is 8.97. The molecule has 0 aromatic heterocycles. The van der Waals surface area contributed by atoms with Crippen molar-refractivity contribution in [2.24, 2.45) is 5.92 Å². The molecule has 0 radical (unpaired) electrons. The van der Waals surface area contributed by atoms with Crippen molar-refractivity contribution in [3.05, 3.63) is 11.1 Å². The normalized spacial score (nSPS) is 24.1. The molecule has 0 heterocycles. The summed E-state index contributed by atoms with van der Waals surface area (Å²) in [6.07, 6.45) is 6.07. The summed E-state index contributed by atoms with van der Waals surface area (Å²) in [5.41, 5.74) is 0. The van der Waals surface area contributed by atoms with Crippen molar-refractivity contribution in [2.75, 3.05) is 0 Å². The van der Waals surface area contributed by atoms with Crippen LogP contribution in [-0.2, 0) is 4.79 Å². The number of carbonyl (C=O) groups excluding carboxylic acids is 1. The lowest BCUT2D eigenvalue weighted by molar-refractivity contribution is -0.121. The fourth-order valence-corrected chi connectivity index (χ4v) is 1.95. The van der Waals surface area contributed by atoms with Crippen molar-refractivity contribution < 1.29 is 4.79 Å². The van der Waals surface area contributed by atoms with Gasteiger partial charge in [0.15, 0.2) is 0 Å². The molecule has 0 N–H and O–H groups in total. The van der Waals surface area contributed by atoms with E-state index in [1.807, 2.05) is 0 Å². The van der Waals surface area contributed by atoms with E-state index in [2.05, 4.69) is 22.5 Å². The standard InChI is InChI=1S/C10H15BrO/c1-8(11)5-6-9-3-2-4-10(12)7-9/h9H,1-7H2. The molecule has 12 heavy (non-hydrogen) atoms. The third kappa shape index (κ3) is 3.53. The van der Waals surface area contributed by atoms with E-state index in [-0.39, 0.29) is 0 Å². The maximum Gasteiger partial charge on any atom is 0.133 e. The highest BCUT2D eigenvalue weighted by molar-refractivity contribution is 9.11. The molecule has 1 nitrogen and oxygen atoms in total. The van der Waals surface area contributed by atoms with E-state index in [9.17, 15) is 4.79 Å². The first-order valence-electron chi connectivity index (χ1n) is 4.53. The minimum atomic E-state index is 0.450. The molecule has 1 aliphatic carbocycles. The topological polar surface area (TPSA) is 17.1 Å². The van der Waals surface area contributed by atoms with Crippen LogP contribution in [0, 0.1) is 5.92 Å². The molecule has 1 unspecified atom stereocenters. The van der Waals surface area contributed by atoms with Gasteiger partial charge in [0, 0.05) is 12.8 Å². The fraction of sp³-hybridized carbons (Fsp3) is 0.700. The van der Waals surface area contributed by atoms with Gasteiger partial charge in [-0.3, -0.25) is 4.79 Å². The van der Waals surface area contributed by atoms with Gasteiger partial charge in [-0.05, 0) is 36.1 Å². The highest BCUT2D eigenvalue weighted by Crippen LogP contribution is 2.27. The van der Waals surface area contributed by atoms with Crippen molar-refractivity contribution in [2.45, 2.75) is 38.5 Å². The lowest BCUT2D eigenvalue weighted by Gasteiger charge is -2.20. The largest absolute Gasteiger partial charge is 0.300 e. The zero-order valence-corrected chi connectivity index (χ0v) is 8.90. The highest BCUT2D eigenvalue weighted by Gasteiger charge is 2.18. The number of hydrogen-bond acceptors (Lipinski definition) is 1. The van der Waals surface area contributed by atoms with Crippen LogP contribution >= 0.6 is 15.9 Å². The number of ketones is 1. The molecule has 2 heteroatoms. The number of carbonyl (C=O) groups is 1. The van der Waals surface area contributed by atoms with Crippen molar-refractivity contribution in [3.8, 4) is 0 Å². The predicted molar refractivity (Wildman–Crippen MR) is 54.3 cm³/mol. The molecule has 1 rings (SSSR count). The van der Waals surface area contributed by atoms with E-state index >= 15 is 0 Å². The van der Waals surface area contributed by atoms with E-state index in [1.165, 1.54) is 6.42 Å². The van der Waals surface area contributed by atoms with Gasteiger partial charge in [-0.25, -0.2) is 0 Å². The Morgan fingerprint density at radius 1 is 1.67 bits per heavy atom. The molecular weight excluding hydrogens is 216 g/mol. The fourth-order valence-electron chi connectivity index (χ4n) is 1.72. The van der Waals surface area contributed by atoms with Crippen LogP contribution in [0.1, 0.15) is 38.5 Å². The third-order valence-electron chi connectivity index (χ3n) is 2.41. The van der Waals surface area contributed by atoms with Gasteiger partial charge < -0.3 is 0 Å². The number of Topliss-reactive ketones (excluding diaryl/α,β-unsaturated/α-hetero) is 1. The van der Waals surface area contributed by atoms with Crippen molar-refractivity contribution in [1.82, 2.24) is 0 Å². The minimum absolute atomic E-state index is 0.450. The van der Waals surface area contributed by atoms with Crippen LogP contribution in [-0.4, -0.2) is 5.78 Å². The second-order valence-corrected chi connectivity index (χ2v) is 4.68. The average molecular weight is 231 g/mol. The van der Waals surface area contributed by atoms with Gasteiger partial charge >= 0.3 is 0 Å². The Bertz CT molecular complexity index is 186. The lowest BCUT2D eigenvalue weighted by atomic mass is 9.85. The van der Waals surface area contributed by atoms with Gasteiger partial charge in [0.2, 0.25) is 0 Å². The first-order chi connectivity index (χ1) is 5.68. The lowest BCUT2D eigenvalue weighted by Crippen LogP contribution is -2.14. The Balaban J connectivity index is 2.23. The van der Waals surface area contributed by atoms with Crippen LogP contribution < -0.4 is 0 Å². The summed E-state index contributed by atoms with van der Waals surface area (Å²) >= 11 is 3.34. The molecule has 0 aromatic rings. The summed E-state index contributed by atoms with van der Waals surface area (Å²) in [6.45, 7) is 3.79. The maximum absolute atomic E-state index is 11.1. The molecule has 0 spiro atoms. The van der Waals surface area contributed by atoms with Crippen LogP contribution in [0.15, 0.2) is 11.1 Å². The molecular formula is C10H15BrO. The smallest absolute Gasteiger partial charge is 0.133 e. The summed E-state index contributed by atoms with van der Waals surface area (Å²) in [5.74, 6) is 1.08. The van der Waals surface area contributed by atoms with Crippen LogP contribution in [0.3, 0.4) is 0 Å². The Kier molecular flexibility index (Phi) is 3.99. The molecule has 0 amide bonds. The highest BCUT2D eigenvalue weighted by atomic mass is 79.9. The molecule has 0 saturated heterocycles. The van der Waals surface area contributed by atoms with E-state index in [4.69, 9.17) is 0 Å². The van der Waals surface area contributed by atoms with Gasteiger partial charge in [0.1, 0.15) is 5.78 Å². The van der Waals surface area contributed by atoms with Crippen LogP contribution in [0.5, 0.6) is 0 Å². The van der Waals surface area contributed by atoms with Crippen molar-refractivity contribution in [1.29, 1.82) is 0 Å². The van der Waals surface area contributed by atoms with Crippen molar-refractivity contribution in [3.63, 3.8) is 0 Å². The van der Waals surface area contributed by atoms with Crippen LogP contribution in [0.2, 0.25) is 0 Å². The van der Waals surface area contributed by atoms with Crippen LogP contribution in [0.25, 0.3) is 0 Å². The minimum Gasteiger partial charge on any atom is -0.300 e. The summed E-state index contributed by atoms with van der Waals surface area (Å²) < 4.78 is 1.06. The summed E-state index contributed by atoms with van der Waals surface area (Å²) in [4.78, 5) is 11.1. The second kappa shape index (κ2) is 4.80. The van der Waals surface area contributed by atoms with Crippen LogP contribution in [0.4, 0.5) is 0 Å². The summed E-state index contributed by atoms with van der Waals surface area (Å²) in [6, 6.07) is 0. The van der Waals surface area contributed by atoms with Gasteiger partial charge in [-0.1, -0.05) is 22.5 Å². The monoisotopic (exact) mass is 230 g/mol. The van der Waals surface area contributed by atoms with E-state index in [0.717, 1.165) is 36.6 Å². The second-order valence-electron chi connectivity index (χ2n) is 3.56. The Morgan fingerprint density at radius 3 is 3.00 bits per heavy atom. The quantitative estimate of drug-likeness (QED) is 0.727. The van der Waals surface area contributed by atoms with Gasteiger partial charge in [0.05, 0.1) is 0 Å². The first-order valence-corrected chi connectivity index (χ1v) is 5.33. The number of allylic oxidation sites excluding steroid dienone is 1. The summed E-state index contributed by atoms with van der Waals surface area (Å²) in [7, 11) is 0. The van der Waals surface area contributed by atoms with E-state index < -0.39 is 0 Å². The molecule has 0 aliphatic heterocycles. The zero-order valence-electron chi connectivity index (χ0n) is 7.31. The average Bonchev–Trinajstić information content (AvgIpc) is 2.01. The number of halogens is 1. The Hall–Kier alpha value is -0.110. The number of hydrogen-bond donors (Lipinski definition) is 0. The molecule has 0 aromatic carbocycles. The predicted octanol–water partition coefficient (Wildman–Crippen LogP) is 3.43. The Labute approximate surface area is 82.4 Å². The molecule has 1 atom stereocenters. The third-order valence-corrected chi connectivity index (χ3v) is 2.80. The maximum atomic E-state index is 11.1. The van der Waals surface area contributed by atoms with Gasteiger partial charge in [-0.15, -0.1) is 0 Å². The van der Waals surface area contributed by atoms with Gasteiger partial charge in [0.25, 0.3) is 0 Å². The number of rotatable bonds is 3.